The van der Waals surface area contributed by atoms with Gasteiger partial charge in [-0.3, -0.25) is 18.7 Å². The number of aryl methyl sites for hydroxylation is 2. The SMILES string of the molecule is CCn1c(=O)n(CC)c2c3c(c(NC(=O)c4cc(F)cc(C(F)(F)F)c4)cc21)[C@H](c1cc(F)ccc1Cl)NC3=O. The summed E-state index contributed by atoms with van der Waals surface area (Å²) in [6.45, 7) is 3.81. The molecule has 0 radical (unpaired) electrons. The van der Waals surface area contributed by atoms with Gasteiger partial charge in [0.2, 0.25) is 0 Å². The molecule has 3 aromatic carbocycles. The van der Waals surface area contributed by atoms with E-state index in [1.54, 1.807) is 13.8 Å². The van der Waals surface area contributed by atoms with Crippen LogP contribution in [0.5, 0.6) is 0 Å². The number of anilines is 1. The molecule has 0 saturated heterocycles. The van der Waals surface area contributed by atoms with Gasteiger partial charge in [-0.05, 0) is 56.3 Å². The minimum Gasteiger partial charge on any atom is -0.341 e. The maximum atomic E-state index is 14.2. The number of alkyl halides is 3. The number of nitrogens with one attached hydrogen (secondary N) is 2. The van der Waals surface area contributed by atoms with Crippen LogP contribution in [0.15, 0.2) is 47.3 Å². The van der Waals surface area contributed by atoms with E-state index >= 15 is 0 Å². The van der Waals surface area contributed by atoms with E-state index in [4.69, 9.17) is 11.6 Å². The molecule has 208 valence electrons. The number of imidazole rings is 1. The fraction of sp³-hybridized carbons (Fsp3) is 0.222. The number of carbonyl (C=O) groups is 2. The Morgan fingerprint density at radius 2 is 1.70 bits per heavy atom. The third-order valence-corrected chi connectivity index (χ3v) is 7.11. The van der Waals surface area contributed by atoms with Gasteiger partial charge in [-0.25, -0.2) is 13.6 Å². The number of fused-ring (bicyclic) bond motifs is 3. The molecule has 1 aliphatic heterocycles. The lowest BCUT2D eigenvalue weighted by Gasteiger charge is -2.19. The standard InChI is InChI=1S/C27H20ClF5N4O3/c1-3-36-19-11-18(34-24(38)12-7-13(27(31,32)33)9-15(30)8-12)20-21(23(19)37(4-2)26(36)40)25(39)35-22(20)16-10-14(29)5-6-17(16)28/h5-11,22H,3-4H2,1-2H3,(H,34,38)(H,35,39)/t22-/m0/s1. The minimum absolute atomic E-state index is 0.0134. The van der Waals surface area contributed by atoms with E-state index in [-0.39, 0.29) is 57.6 Å². The van der Waals surface area contributed by atoms with Crippen LogP contribution in [0.3, 0.4) is 0 Å². The molecule has 1 aliphatic rings. The molecule has 0 fully saturated rings. The van der Waals surface area contributed by atoms with Crippen molar-refractivity contribution in [3.8, 4) is 0 Å². The summed E-state index contributed by atoms with van der Waals surface area (Å²) in [6, 6.07) is 5.23. The largest absolute Gasteiger partial charge is 0.416 e. The molecule has 0 bridgehead atoms. The van der Waals surface area contributed by atoms with E-state index < -0.39 is 52.5 Å². The summed E-state index contributed by atoms with van der Waals surface area (Å²) in [7, 11) is 0. The van der Waals surface area contributed by atoms with Crippen LogP contribution in [0.4, 0.5) is 27.6 Å². The lowest BCUT2D eigenvalue weighted by Crippen LogP contribution is -2.24. The number of benzene rings is 3. The highest BCUT2D eigenvalue weighted by molar-refractivity contribution is 6.31. The van der Waals surface area contributed by atoms with Gasteiger partial charge in [0.05, 0.1) is 28.2 Å². The second-order valence-electron chi connectivity index (χ2n) is 9.10. The number of halogens is 6. The van der Waals surface area contributed by atoms with E-state index in [2.05, 4.69) is 10.6 Å². The number of aromatic nitrogens is 2. The average Bonchev–Trinajstić information content (AvgIpc) is 3.37. The Labute approximate surface area is 228 Å². The van der Waals surface area contributed by atoms with Crippen LogP contribution in [0.25, 0.3) is 11.0 Å². The van der Waals surface area contributed by atoms with Crippen LogP contribution >= 0.6 is 11.6 Å². The quantitative estimate of drug-likeness (QED) is 0.290. The molecular weight excluding hydrogens is 559 g/mol. The summed E-state index contributed by atoms with van der Waals surface area (Å²) < 4.78 is 70.9. The van der Waals surface area contributed by atoms with Crippen molar-refractivity contribution < 1.29 is 31.5 Å². The summed E-state index contributed by atoms with van der Waals surface area (Å²) >= 11 is 6.34. The van der Waals surface area contributed by atoms with Gasteiger partial charge >= 0.3 is 11.9 Å². The van der Waals surface area contributed by atoms with Gasteiger partial charge < -0.3 is 10.6 Å². The van der Waals surface area contributed by atoms with Gasteiger partial charge in [-0.1, -0.05) is 11.6 Å². The number of nitrogens with zero attached hydrogens (tertiary/aromatic N) is 2. The van der Waals surface area contributed by atoms with Crippen LogP contribution in [0.1, 0.15) is 57.3 Å². The molecule has 4 aromatic rings. The van der Waals surface area contributed by atoms with E-state index in [0.717, 1.165) is 12.1 Å². The van der Waals surface area contributed by atoms with Crippen molar-refractivity contribution in [3.63, 3.8) is 0 Å². The summed E-state index contributed by atoms with van der Waals surface area (Å²) in [4.78, 5) is 39.7. The van der Waals surface area contributed by atoms with E-state index in [1.807, 2.05) is 0 Å². The van der Waals surface area contributed by atoms with Crippen molar-refractivity contribution in [1.82, 2.24) is 14.5 Å². The third kappa shape index (κ3) is 4.41. The van der Waals surface area contributed by atoms with Crippen LogP contribution in [0, 0.1) is 11.6 Å². The lowest BCUT2D eigenvalue weighted by molar-refractivity contribution is -0.137. The maximum absolute atomic E-state index is 14.2. The lowest BCUT2D eigenvalue weighted by atomic mass is 9.95. The highest BCUT2D eigenvalue weighted by Gasteiger charge is 2.38. The highest BCUT2D eigenvalue weighted by Crippen LogP contribution is 2.43. The molecule has 1 aromatic heterocycles. The van der Waals surface area contributed by atoms with Gasteiger partial charge in [-0.15, -0.1) is 0 Å². The zero-order chi connectivity index (χ0) is 29.1. The first-order chi connectivity index (χ1) is 18.8. The molecule has 0 aliphatic carbocycles. The molecule has 2 heterocycles. The number of carbonyl (C=O) groups excluding carboxylic acids is 2. The van der Waals surface area contributed by atoms with Gasteiger partial charge in [0.25, 0.3) is 11.8 Å². The monoisotopic (exact) mass is 578 g/mol. The molecule has 0 spiro atoms. The fourth-order valence-electron chi connectivity index (χ4n) is 5.05. The molecule has 0 unspecified atom stereocenters. The van der Waals surface area contributed by atoms with Gasteiger partial charge in [0, 0.05) is 40.5 Å². The van der Waals surface area contributed by atoms with Crippen molar-refractivity contribution in [3.05, 3.63) is 97.4 Å². The summed E-state index contributed by atoms with van der Waals surface area (Å²) in [5, 5.41) is 5.29. The zero-order valence-corrected chi connectivity index (χ0v) is 21.7. The van der Waals surface area contributed by atoms with Crippen molar-refractivity contribution in [2.24, 2.45) is 0 Å². The van der Waals surface area contributed by atoms with E-state index in [1.165, 1.54) is 21.3 Å². The zero-order valence-electron chi connectivity index (χ0n) is 20.9. The second kappa shape index (κ2) is 9.77. The Bertz CT molecular complexity index is 1780. The highest BCUT2D eigenvalue weighted by atomic mass is 35.5. The maximum Gasteiger partial charge on any atom is 0.416 e. The van der Waals surface area contributed by atoms with Gasteiger partial charge in [-0.2, -0.15) is 13.2 Å². The predicted octanol–water partition coefficient (Wildman–Crippen LogP) is 5.88. The number of rotatable bonds is 5. The first-order valence-electron chi connectivity index (χ1n) is 12.1. The smallest absolute Gasteiger partial charge is 0.341 e. The molecule has 40 heavy (non-hydrogen) atoms. The summed E-state index contributed by atoms with van der Waals surface area (Å²) in [5.74, 6) is -3.67. The number of amides is 2. The summed E-state index contributed by atoms with van der Waals surface area (Å²) in [6.07, 6.45) is -4.91. The Balaban J connectivity index is 1.77. The molecule has 5 rings (SSSR count). The van der Waals surface area contributed by atoms with Crippen LogP contribution in [-0.2, 0) is 19.3 Å². The van der Waals surface area contributed by atoms with Gasteiger partial charge in [0.15, 0.2) is 0 Å². The average molecular weight is 579 g/mol. The number of hydrogen-bond donors (Lipinski definition) is 2. The fourth-order valence-corrected chi connectivity index (χ4v) is 5.28. The minimum atomic E-state index is -4.91. The van der Waals surface area contributed by atoms with Crippen molar-refractivity contribution in [1.29, 1.82) is 0 Å². The Hall–Kier alpha value is -4.19. The Kier molecular flexibility index (Phi) is 6.69. The topological polar surface area (TPSA) is 85.1 Å². The van der Waals surface area contributed by atoms with Crippen LogP contribution < -0.4 is 16.3 Å². The van der Waals surface area contributed by atoms with Crippen LogP contribution in [0.2, 0.25) is 5.02 Å². The Morgan fingerprint density at radius 1 is 1.00 bits per heavy atom. The molecule has 1 atom stereocenters. The van der Waals surface area contributed by atoms with Crippen LogP contribution in [-0.4, -0.2) is 20.9 Å². The Morgan fingerprint density at radius 3 is 2.35 bits per heavy atom. The van der Waals surface area contributed by atoms with Crippen molar-refractivity contribution >= 4 is 40.1 Å². The summed E-state index contributed by atoms with van der Waals surface area (Å²) in [5.41, 5.74) is -1.64. The van der Waals surface area contributed by atoms with E-state index in [9.17, 15) is 36.3 Å². The number of hydrogen-bond acceptors (Lipinski definition) is 3. The van der Waals surface area contributed by atoms with E-state index in [0.29, 0.717) is 12.1 Å². The van der Waals surface area contributed by atoms with Crippen molar-refractivity contribution in [2.75, 3.05) is 5.32 Å². The molecular formula is C27H20ClF5N4O3. The first kappa shape index (κ1) is 27.4. The molecule has 2 amide bonds. The third-order valence-electron chi connectivity index (χ3n) is 6.77. The van der Waals surface area contributed by atoms with Crippen molar-refractivity contribution in [2.45, 2.75) is 39.2 Å². The molecule has 2 N–H and O–H groups in total. The predicted molar refractivity (Wildman–Crippen MR) is 138 cm³/mol. The normalized spacial score (nSPS) is 14.9. The molecule has 7 nitrogen and oxygen atoms in total. The van der Waals surface area contributed by atoms with Gasteiger partial charge in [0.1, 0.15) is 11.6 Å². The second-order valence-corrected chi connectivity index (χ2v) is 9.51. The first-order valence-corrected chi connectivity index (χ1v) is 12.5. The molecule has 0 saturated carbocycles. The molecule has 13 heteroatoms.